The molecule has 0 fully saturated rings. The number of fused-ring (bicyclic) bond motifs is 1. The molecule has 3 aromatic carbocycles. The zero-order valence-corrected chi connectivity index (χ0v) is 17.7. The minimum absolute atomic E-state index is 0.211. The normalized spacial score (nSPS) is 10.7. The van der Waals surface area contributed by atoms with Crippen molar-refractivity contribution < 1.29 is 9.53 Å². The van der Waals surface area contributed by atoms with Crippen molar-refractivity contribution in [3.05, 3.63) is 88.4 Å². The van der Waals surface area contributed by atoms with E-state index in [1.54, 1.807) is 7.11 Å². The SMILES string of the molecule is COc1ccccc1NC(=O)c1cc(-c2ccccc2)nc2c(C)cc(Br)cc12. The first-order valence-corrected chi connectivity index (χ1v) is 9.97. The Bertz CT molecular complexity index is 1210. The van der Waals surface area contributed by atoms with E-state index in [9.17, 15) is 4.79 Å². The highest BCUT2D eigenvalue weighted by molar-refractivity contribution is 9.10. The van der Waals surface area contributed by atoms with Crippen LogP contribution in [0.25, 0.3) is 22.2 Å². The van der Waals surface area contributed by atoms with Gasteiger partial charge in [-0.15, -0.1) is 0 Å². The van der Waals surface area contributed by atoms with E-state index >= 15 is 0 Å². The number of methoxy groups -OCH3 is 1. The Morgan fingerprint density at radius 2 is 1.72 bits per heavy atom. The van der Waals surface area contributed by atoms with Crippen molar-refractivity contribution in [2.75, 3.05) is 12.4 Å². The van der Waals surface area contributed by atoms with Crippen LogP contribution in [0.4, 0.5) is 5.69 Å². The highest BCUT2D eigenvalue weighted by Crippen LogP contribution is 2.31. The molecule has 1 heterocycles. The molecule has 0 bridgehead atoms. The number of carbonyl (C=O) groups is 1. The Morgan fingerprint density at radius 1 is 1.00 bits per heavy atom. The third kappa shape index (κ3) is 3.87. The molecule has 0 saturated heterocycles. The molecule has 29 heavy (non-hydrogen) atoms. The molecule has 4 aromatic rings. The smallest absolute Gasteiger partial charge is 0.256 e. The Morgan fingerprint density at radius 3 is 2.48 bits per heavy atom. The fourth-order valence-electron chi connectivity index (χ4n) is 3.34. The van der Waals surface area contributed by atoms with Gasteiger partial charge >= 0.3 is 0 Å². The van der Waals surface area contributed by atoms with Crippen LogP contribution in [0.15, 0.2) is 77.3 Å². The topological polar surface area (TPSA) is 51.2 Å². The van der Waals surface area contributed by atoms with Crippen LogP contribution in [-0.2, 0) is 0 Å². The molecule has 1 N–H and O–H groups in total. The molecule has 0 atom stereocenters. The first-order valence-electron chi connectivity index (χ1n) is 9.17. The van der Waals surface area contributed by atoms with Gasteiger partial charge in [0.2, 0.25) is 0 Å². The van der Waals surface area contributed by atoms with Gasteiger partial charge in [-0.2, -0.15) is 0 Å². The number of nitrogens with zero attached hydrogens (tertiary/aromatic N) is 1. The number of halogens is 1. The van der Waals surface area contributed by atoms with E-state index in [0.717, 1.165) is 32.2 Å². The summed E-state index contributed by atoms with van der Waals surface area (Å²) in [5.74, 6) is 0.399. The van der Waals surface area contributed by atoms with Crippen molar-refractivity contribution in [1.82, 2.24) is 4.98 Å². The Hall–Kier alpha value is -3.18. The molecule has 0 aliphatic carbocycles. The number of aryl methyl sites for hydroxylation is 1. The molecule has 0 radical (unpaired) electrons. The number of rotatable bonds is 4. The lowest BCUT2D eigenvalue weighted by molar-refractivity contribution is 0.102. The van der Waals surface area contributed by atoms with E-state index < -0.39 is 0 Å². The number of para-hydroxylation sites is 2. The van der Waals surface area contributed by atoms with Crippen LogP contribution in [-0.4, -0.2) is 18.0 Å². The van der Waals surface area contributed by atoms with Gasteiger partial charge in [0.25, 0.3) is 5.91 Å². The Balaban J connectivity index is 1.88. The van der Waals surface area contributed by atoms with Crippen LogP contribution in [0.5, 0.6) is 5.75 Å². The summed E-state index contributed by atoms with van der Waals surface area (Å²) >= 11 is 3.54. The summed E-state index contributed by atoms with van der Waals surface area (Å²) in [7, 11) is 1.58. The molecule has 0 saturated carbocycles. The van der Waals surface area contributed by atoms with E-state index in [4.69, 9.17) is 9.72 Å². The number of hydrogen-bond donors (Lipinski definition) is 1. The fourth-order valence-corrected chi connectivity index (χ4v) is 3.91. The van der Waals surface area contributed by atoms with Crippen molar-refractivity contribution >= 4 is 38.4 Å². The lowest BCUT2D eigenvalue weighted by Crippen LogP contribution is -2.14. The quantitative estimate of drug-likeness (QED) is 0.403. The maximum absolute atomic E-state index is 13.3. The number of ether oxygens (including phenoxy) is 1. The van der Waals surface area contributed by atoms with Crippen LogP contribution in [0.1, 0.15) is 15.9 Å². The van der Waals surface area contributed by atoms with E-state index in [1.807, 2.05) is 79.7 Å². The van der Waals surface area contributed by atoms with Crippen LogP contribution in [0, 0.1) is 6.92 Å². The van der Waals surface area contributed by atoms with Gasteiger partial charge < -0.3 is 10.1 Å². The van der Waals surface area contributed by atoms with Crippen LogP contribution >= 0.6 is 15.9 Å². The number of aromatic nitrogens is 1. The largest absolute Gasteiger partial charge is 0.495 e. The van der Waals surface area contributed by atoms with Gasteiger partial charge in [-0.25, -0.2) is 4.98 Å². The van der Waals surface area contributed by atoms with Crippen molar-refractivity contribution in [2.24, 2.45) is 0 Å². The second kappa shape index (κ2) is 8.05. The summed E-state index contributed by atoms with van der Waals surface area (Å²) in [6, 6.07) is 23.0. The standard InChI is InChI=1S/C24H19BrN2O2/c1-15-12-17(25)13-18-19(24(28)27-20-10-6-7-11-22(20)29-2)14-21(26-23(15)18)16-8-4-3-5-9-16/h3-14H,1-2H3,(H,27,28). The summed E-state index contributed by atoms with van der Waals surface area (Å²) in [5, 5.41) is 3.78. The highest BCUT2D eigenvalue weighted by Gasteiger charge is 2.17. The molecule has 4 rings (SSSR count). The Labute approximate surface area is 177 Å². The average molecular weight is 447 g/mol. The molecule has 4 nitrogen and oxygen atoms in total. The summed E-state index contributed by atoms with van der Waals surface area (Å²) in [4.78, 5) is 18.1. The van der Waals surface area contributed by atoms with Gasteiger partial charge in [0, 0.05) is 15.4 Å². The molecule has 5 heteroatoms. The minimum Gasteiger partial charge on any atom is -0.495 e. The van der Waals surface area contributed by atoms with Crippen molar-refractivity contribution in [3.8, 4) is 17.0 Å². The van der Waals surface area contributed by atoms with Gasteiger partial charge in [0.1, 0.15) is 5.75 Å². The van der Waals surface area contributed by atoms with E-state index in [0.29, 0.717) is 17.0 Å². The van der Waals surface area contributed by atoms with Crippen molar-refractivity contribution in [1.29, 1.82) is 0 Å². The number of carbonyl (C=O) groups excluding carboxylic acids is 1. The second-order valence-electron chi connectivity index (χ2n) is 6.69. The molecule has 0 aliphatic heterocycles. The molecule has 0 spiro atoms. The van der Waals surface area contributed by atoms with E-state index in [-0.39, 0.29) is 5.91 Å². The van der Waals surface area contributed by atoms with Gasteiger partial charge in [-0.3, -0.25) is 4.79 Å². The van der Waals surface area contributed by atoms with Crippen molar-refractivity contribution in [2.45, 2.75) is 6.92 Å². The zero-order chi connectivity index (χ0) is 20.4. The van der Waals surface area contributed by atoms with Gasteiger partial charge in [0.15, 0.2) is 0 Å². The molecule has 1 amide bonds. The lowest BCUT2D eigenvalue weighted by Gasteiger charge is -2.14. The molecule has 0 unspecified atom stereocenters. The molecule has 0 aliphatic rings. The summed E-state index contributed by atoms with van der Waals surface area (Å²) in [6.07, 6.45) is 0. The maximum Gasteiger partial charge on any atom is 0.256 e. The predicted molar refractivity (Wildman–Crippen MR) is 121 cm³/mol. The first kappa shape index (κ1) is 19.2. The first-order chi connectivity index (χ1) is 14.1. The van der Waals surface area contributed by atoms with E-state index in [2.05, 4.69) is 21.2 Å². The summed E-state index contributed by atoms with van der Waals surface area (Å²) < 4.78 is 6.27. The molecular weight excluding hydrogens is 428 g/mol. The third-order valence-electron chi connectivity index (χ3n) is 4.74. The third-order valence-corrected chi connectivity index (χ3v) is 5.20. The fraction of sp³-hybridized carbons (Fsp3) is 0.0833. The van der Waals surface area contributed by atoms with Gasteiger partial charge in [-0.1, -0.05) is 58.4 Å². The van der Waals surface area contributed by atoms with Crippen LogP contribution in [0.3, 0.4) is 0 Å². The van der Waals surface area contributed by atoms with Gasteiger partial charge in [-0.05, 0) is 42.8 Å². The number of nitrogens with one attached hydrogen (secondary N) is 1. The van der Waals surface area contributed by atoms with Crippen molar-refractivity contribution in [3.63, 3.8) is 0 Å². The van der Waals surface area contributed by atoms with E-state index in [1.165, 1.54) is 0 Å². The zero-order valence-electron chi connectivity index (χ0n) is 16.1. The maximum atomic E-state index is 13.3. The molecular formula is C24H19BrN2O2. The molecule has 144 valence electrons. The lowest BCUT2D eigenvalue weighted by atomic mass is 10.0. The number of anilines is 1. The monoisotopic (exact) mass is 446 g/mol. The number of benzene rings is 3. The van der Waals surface area contributed by atoms with Crippen LogP contribution < -0.4 is 10.1 Å². The van der Waals surface area contributed by atoms with Gasteiger partial charge in [0.05, 0.1) is 29.6 Å². The number of amides is 1. The average Bonchev–Trinajstić information content (AvgIpc) is 2.74. The Kier molecular flexibility index (Phi) is 5.32. The van der Waals surface area contributed by atoms with Crippen LogP contribution in [0.2, 0.25) is 0 Å². The highest BCUT2D eigenvalue weighted by atomic mass is 79.9. The number of pyridine rings is 1. The number of hydrogen-bond acceptors (Lipinski definition) is 3. The summed E-state index contributed by atoms with van der Waals surface area (Å²) in [5.41, 5.74) is 4.71. The molecule has 1 aromatic heterocycles. The minimum atomic E-state index is -0.211. The predicted octanol–water partition coefficient (Wildman–Crippen LogP) is 6.23. The summed E-state index contributed by atoms with van der Waals surface area (Å²) in [6.45, 7) is 2.00. The second-order valence-corrected chi connectivity index (χ2v) is 7.61.